The second-order valence-electron chi connectivity index (χ2n) is 8.53. The summed E-state index contributed by atoms with van der Waals surface area (Å²) in [6.45, 7) is 5.67. The van der Waals surface area contributed by atoms with Gasteiger partial charge in [-0.1, -0.05) is 12.1 Å². The van der Waals surface area contributed by atoms with E-state index in [1.54, 1.807) is 0 Å². The van der Waals surface area contributed by atoms with Gasteiger partial charge in [-0.15, -0.1) is 0 Å². The van der Waals surface area contributed by atoms with Gasteiger partial charge in [0.15, 0.2) is 5.69 Å². The number of aliphatic hydroxyl groups is 1. The van der Waals surface area contributed by atoms with Crippen LogP contribution in [-0.4, -0.2) is 70.4 Å². The number of aliphatic hydroxyl groups excluding tert-OH is 1. The predicted octanol–water partition coefficient (Wildman–Crippen LogP) is 1.23. The molecule has 2 unspecified atom stereocenters. The number of aromatic carboxylic acids is 1. The highest BCUT2D eigenvalue weighted by Crippen LogP contribution is 2.43. The van der Waals surface area contributed by atoms with Crippen molar-refractivity contribution < 1.29 is 24.2 Å². The Morgan fingerprint density at radius 3 is 2.72 bits per heavy atom. The van der Waals surface area contributed by atoms with E-state index in [0.29, 0.717) is 18.4 Å². The quantitative estimate of drug-likeness (QED) is 0.749. The molecule has 2 N–H and O–H groups in total. The molecule has 0 spiro atoms. The summed E-state index contributed by atoms with van der Waals surface area (Å²) in [7, 11) is 0. The van der Waals surface area contributed by atoms with Crippen molar-refractivity contribution in [2.24, 2.45) is 11.3 Å². The van der Waals surface area contributed by atoms with Crippen LogP contribution in [0.3, 0.4) is 0 Å². The average molecular weight is 399 g/mol. The van der Waals surface area contributed by atoms with Gasteiger partial charge in [0.05, 0.1) is 19.8 Å². The topological polar surface area (TPSA) is 99.3 Å². The molecule has 0 saturated carbocycles. The minimum Gasteiger partial charge on any atom is -0.493 e. The van der Waals surface area contributed by atoms with Crippen molar-refractivity contribution >= 4 is 5.97 Å². The van der Waals surface area contributed by atoms with E-state index in [2.05, 4.69) is 33.0 Å². The smallest absolute Gasteiger partial charge is 0.357 e. The lowest BCUT2D eigenvalue weighted by Gasteiger charge is -2.27. The third-order valence-corrected chi connectivity index (χ3v) is 6.50. The maximum atomic E-state index is 11.0. The molecule has 1 aromatic heterocycles. The first-order valence-electron chi connectivity index (χ1n) is 10.0. The first-order chi connectivity index (χ1) is 14.0. The minimum absolute atomic E-state index is 0.0674. The van der Waals surface area contributed by atoms with Crippen LogP contribution < -0.4 is 4.74 Å². The molecule has 8 heteroatoms. The molecule has 0 bridgehead atoms. The monoisotopic (exact) mass is 399 g/mol. The van der Waals surface area contributed by atoms with Crippen molar-refractivity contribution in [2.75, 3.05) is 39.4 Å². The maximum Gasteiger partial charge on any atom is 0.357 e. The van der Waals surface area contributed by atoms with E-state index in [4.69, 9.17) is 14.3 Å². The van der Waals surface area contributed by atoms with Crippen LogP contribution in [-0.2, 0) is 19.5 Å². The number of likely N-dealkylation sites (tertiary alicyclic amines) is 2. The van der Waals surface area contributed by atoms with Gasteiger partial charge in [0.2, 0.25) is 5.89 Å². The second-order valence-corrected chi connectivity index (χ2v) is 8.53. The number of nitrogens with zero attached hydrogens (tertiary/aromatic N) is 3. The highest BCUT2D eigenvalue weighted by atomic mass is 16.5. The molecular weight excluding hydrogens is 374 g/mol. The summed E-state index contributed by atoms with van der Waals surface area (Å²) in [5.74, 6) is 0.706. The summed E-state index contributed by atoms with van der Waals surface area (Å²) in [6.07, 6.45) is 2.16. The number of carboxylic acid groups (broad SMARTS) is 1. The van der Waals surface area contributed by atoms with E-state index >= 15 is 0 Å². The molecule has 2 atom stereocenters. The zero-order valence-electron chi connectivity index (χ0n) is 16.2. The summed E-state index contributed by atoms with van der Waals surface area (Å²) >= 11 is 0. The Morgan fingerprint density at radius 2 is 2.03 bits per heavy atom. The fourth-order valence-electron chi connectivity index (χ4n) is 5.14. The third-order valence-electron chi connectivity index (χ3n) is 6.50. The minimum atomic E-state index is -1.08. The van der Waals surface area contributed by atoms with Crippen molar-refractivity contribution in [2.45, 2.75) is 19.5 Å². The number of ether oxygens (including phenoxy) is 1. The predicted molar refractivity (Wildman–Crippen MR) is 103 cm³/mol. The molecule has 1 aromatic carbocycles. The number of rotatable bonds is 6. The Balaban J connectivity index is 1.23. The number of fused-ring (bicyclic) bond motifs is 2. The molecule has 8 nitrogen and oxygen atoms in total. The molecule has 29 heavy (non-hydrogen) atoms. The number of aromatic nitrogens is 1. The molecule has 5 rings (SSSR count). The van der Waals surface area contributed by atoms with E-state index in [1.165, 1.54) is 17.4 Å². The Hall–Kier alpha value is -2.42. The van der Waals surface area contributed by atoms with Crippen LogP contribution in [0.25, 0.3) is 0 Å². The molecule has 3 aliphatic rings. The zero-order chi connectivity index (χ0) is 20.0. The molecule has 2 fully saturated rings. The van der Waals surface area contributed by atoms with Gasteiger partial charge in [-0.3, -0.25) is 9.80 Å². The molecule has 2 saturated heterocycles. The number of hydrogen-bond acceptors (Lipinski definition) is 7. The summed E-state index contributed by atoms with van der Waals surface area (Å²) in [6, 6.07) is 6.45. The van der Waals surface area contributed by atoms with Gasteiger partial charge in [0, 0.05) is 44.6 Å². The standard InChI is InChI=1S/C21H25N3O5/c25-13-21-11-23(6-14-1-2-18-15(5-14)3-4-28-18)7-16(21)8-24(12-21)9-19-22-17(10-29-19)20(26)27/h1-2,5,10,16,25H,3-4,6-9,11-13H2,(H,26,27). The lowest BCUT2D eigenvalue weighted by atomic mass is 9.82. The van der Waals surface area contributed by atoms with Gasteiger partial charge in [0.1, 0.15) is 12.0 Å². The summed E-state index contributed by atoms with van der Waals surface area (Å²) < 4.78 is 10.9. The van der Waals surface area contributed by atoms with Crippen molar-refractivity contribution in [3.05, 3.63) is 47.2 Å². The summed E-state index contributed by atoms with van der Waals surface area (Å²) in [5.41, 5.74) is 2.36. The number of carbonyl (C=O) groups is 1. The number of carboxylic acids is 1. The van der Waals surface area contributed by atoms with E-state index in [1.807, 2.05) is 0 Å². The Bertz CT molecular complexity index is 929. The molecule has 0 amide bonds. The van der Waals surface area contributed by atoms with Gasteiger partial charge in [0.25, 0.3) is 0 Å². The van der Waals surface area contributed by atoms with Crippen molar-refractivity contribution in [3.8, 4) is 5.75 Å². The first kappa shape index (κ1) is 18.6. The van der Waals surface area contributed by atoms with Gasteiger partial charge >= 0.3 is 5.97 Å². The molecule has 3 aliphatic heterocycles. The number of benzene rings is 1. The average Bonchev–Trinajstić information content (AvgIpc) is 3.44. The lowest BCUT2D eigenvalue weighted by Crippen LogP contribution is -2.36. The Morgan fingerprint density at radius 1 is 1.24 bits per heavy atom. The van der Waals surface area contributed by atoms with E-state index < -0.39 is 5.97 Å². The van der Waals surface area contributed by atoms with Gasteiger partial charge in [-0.2, -0.15) is 0 Å². The molecule has 0 aliphatic carbocycles. The summed E-state index contributed by atoms with van der Waals surface area (Å²) in [5, 5.41) is 19.2. The molecule has 2 aromatic rings. The van der Waals surface area contributed by atoms with Crippen LogP contribution in [0.15, 0.2) is 28.9 Å². The normalized spacial score (nSPS) is 26.4. The van der Waals surface area contributed by atoms with Gasteiger partial charge in [-0.05, 0) is 23.1 Å². The number of oxazole rings is 1. The molecule has 154 valence electrons. The third kappa shape index (κ3) is 3.41. The van der Waals surface area contributed by atoms with Crippen molar-refractivity contribution in [1.29, 1.82) is 0 Å². The van der Waals surface area contributed by atoms with Crippen LogP contribution >= 0.6 is 0 Å². The van der Waals surface area contributed by atoms with E-state index in [9.17, 15) is 9.90 Å². The Kier molecular flexibility index (Phi) is 4.57. The lowest BCUT2D eigenvalue weighted by molar-refractivity contribution is 0.0690. The van der Waals surface area contributed by atoms with Crippen molar-refractivity contribution in [3.63, 3.8) is 0 Å². The SMILES string of the molecule is O=C(O)c1coc(CN2CC3CN(Cc4ccc5c(c4)CCO5)CC3(CO)C2)n1. The second kappa shape index (κ2) is 7.12. The largest absolute Gasteiger partial charge is 0.493 e. The van der Waals surface area contributed by atoms with Crippen LogP contribution in [0, 0.1) is 11.3 Å². The molecule has 0 radical (unpaired) electrons. The van der Waals surface area contributed by atoms with Crippen LogP contribution in [0.2, 0.25) is 0 Å². The van der Waals surface area contributed by atoms with Gasteiger partial charge in [-0.25, -0.2) is 9.78 Å². The molecular formula is C21H25N3O5. The van der Waals surface area contributed by atoms with Crippen LogP contribution in [0.4, 0.5) is 0 Å². The Labute approximate surface area is 168 Å². The maximum absolute atomic E-state index is 11.0. The van der Waals surface area contributed by atoms with Gasteiger partial charge < -0.3 is 19.4 Å². The van der Waals surface area contributed by atoms with E-state index in [-0.39, 0.29) is 17.7 Å². The highest BCUT2D eigenvalue weighted by Gasteiger charge is 2.52. The fourth-order valence-corrected chi connectivity index (χ4v) is 5.14. The number of hydrogen-bond donors (Lipinski definition) is 2. The first-order valence-corrected chi connectivity index (χ1v) is 10.0. The zero-order valence-corrected chi connectivity index (χ0v) is 16.2. The van der Waals surface area contributed by atoms with Crippen LogP contribution in [0.1, 0.15) is 27.5 Å². The van der Waals surface area contributed by atoms with Crippen molar-refractivity contribution in [1.82, 2.24) is 14.8 Å². The van der Waals surface area contributed by atoms with E-state index in [0.717, 1.165) is 51.5 Å². The fraction of sp³-hybridized carbons (Fsp3) is 0.524. The molecule has 4 heterocycles. The van der Waals surface area contributed by atoms with Crippen LogP contribution in [0.5, 0.6) is 5.75 Å². The highest BCUT2D eigenvalue weighted by molar-refractivity contribution is 5.84. The summed E-state index contributed by atoms with van der Waals surface area (Å²) in [4.78, 5) is 19.6.